The summed E-state index contributed by atoms with van der Waals surface area (Å²) < 4.78 is 0. The van der Waals surface area contributed by atoms with E-state index in [1.807, 2.05) is 6.20 Å². The minimum atomic E-state index is 0.611. The van der Waals surface area contributed by atoms with Crippen LogP contribution in [-0.2, 0) is 0 Å². The highest BCUT2D eigenvalue weighted by atomic mass is 15.2. The van der Waals surface area contributed by atoms with Crippen LogP contribution in [0.1, 0.15) is 25.7 Å². The molecule has 4 rings (SSSR count). The van der Waals surface area contributed by atoms with Crippen molar-refractivity contribution in [2.45, 2.75) is 37.8 Å². The lowest BCUT2D eigenvalue weighted by Crippen LogP contribution is -2.42. The summed E-state index contributed by atoms with van der Waals surface area (Å²) in [4.78, 5) is 2.66. The highest BCUT2D eigenvalue weighted by Gasteiger charge is 2.31. The monoisotopic (exact) mass is 256 g/mol. The topological polar surface area (TPSA) is 44.0 Å². The quantitative estimate of drug-likeness (QED) is 0.868. The fraction of sp³-hybridized carbons (Fsp3) is 0.533. The number of anilines is 1. The van der Waals surface area contributed by atoms with E-state index in [1.54, 1.807) is 0 Å². The summed E-state index contributed by atoms with van der Waals surface area (Å²) in [5.74, 6) is 0. The summed E-state index contributed by atoms with van der Waals surface area (Å²) in [6, 6.07) is 7.76. The number of aromatic amines is 1. The van der Waals surface area contributed by atoms with Crippen molar-refractivity contribution in [2.75, 3.05) is 18.4 Å². The molecule has 2 N–H and O–H groups in total. The molecule has 0 aliphatic carbocycles. The molecule has 2 unspecified atom stereocenters. The van der Waals surface area contributed by atoms with Crippen LogP contribution in [0, 0.1) is 0 Å². The van der Waals surface area contributed by atoms with Gasteiger partial charge in [0.2, 0.25) is 0 Å². The lowest BCUT2D eigenvalue weighted by atomic mass is 9.97. The number of hydrogen-bond donors (Lipinski definition) is 2. The smallest absolute Gasteiger partial charge is 0.0671 e. The summed E-state index contributed by atoms with van der Waals surface area (Å²) in [6.07, 6.45) is 7.23. The number of H-pyrrole nitrogens is 1. The van der Waals surface area contributed by atoms with Crippen LogP contribution in [0.15, 0.2) is 24.4 Å². The summed E-state index contributed by atoms with van der Waals surface area (Å²) in [6.45, 7) is 2.57. The highest BCUT2D eigenvalue weighted by Crippen LogP contribution is 2.30. The van der Waals surface area contributed by atoms with E-state index in [2.05, 4.69) is 38.6 Å². The fourth-order valence-electron chi connectivity index (χ4n) is 3.67. The van der Waals surface area contributed by atoms with Crippen molar-refractivity contribution in [3.8, 4) is 0 Å². The summed E-state index contributed by atoms with van der Waals surface area (Å²) in [5, 5.41) is 12.1. The molecule has 1 aromatic carbocycles. The highest BCUT2D eigenvalue weighted by molar-refractivity contribution is 5.90. The zero-order valence-electron chi connectivity index (χ0n) is 11.1. The third kappa shape index (κ3) is 2.00. The van der Waals surface area contributed by atoms with Gasteiger partial charge >= 0.3 is 0 Å². The average molecular weight is 256 g/mol. The van der Waals surface area contributed by atoms with Gasteiger partial charge in [0.1, 0.15) is 0 Å². The molecule has 2 saturated heterocycles. The molecule has 3 heterocycles. The van der Waals surface area contributed by atoms with Crippen LogP contribution in [0.3, 0.4) is 0 Å². The average Bonchev–Trinajstić information content (AvgIpc) is 3.06. The van der Waals surface area contributed by atoms with E-state index in [0.717, 1.165) is 11.6 Å². The van der Waals surface area contributed by atoms with E-state index in [0.29, 0.717) is 6.04 Å². The van der Waals surface area contributed by atoms with Gasteiger partial charge in [0, 0.05) is 29.7 Å². The van der Waals surface area contributed by atoms with Crippen LogP contribution in [0.25, 0.3) is 10.9 Å². The Morgan fingerprint density at radius 1 is 1.26 bits per heavy atom. The first-order valence-corrected chi connectivity index (χ1v) is 7.33. The first-order valence-electron chi connectivity index (χ1n) is 7.33. The molecule has 4 heteroatoms. The largest absolute Gasteiger partial charge is 0.382 e. The van der Waals surface area contributed by atoms with Gasteiger partial charge in [-0.25, -0.2) is 0 Å². The van der Waals surface area contributed by atoms with Crippen molar-refractivity contribution < 1.29 is 0 Å². The van der Waals surface area contributed by atoms with Crippen molar-refractivity contribution in [1.82, 2.24) is 15.1 Å². The lowest BCUT2D eigenvalue weighted by Gasteiger charge is -2.35. The van der Waals surface area contributed by atoms with E-state index in [1.165, 1.54) is 49.8 Å². The molecule has 0 spiro atoms. The summed E-state index contributed by atoms with van der Waals surface area (Å²) >= 11 is 0. The predicted octanol–water partition coefficient (Wildman–Crippen LogP) is 2.60. The minimum Gasteiger partial charge on any atom is -0.382 e. The van der Waals surface area contributed by atoms with Crippen LogP contribution in [0.4, 0.5) is 5.69 Å². The van der Waals surface area contributed by atoms with Crippen LogP contribution in [-0.4, -0.2) is 40.3 Å². The Kier molecular flexibility index (Phi) is 2.69. The zero-order valence-corrected chi connectivity index (χ0v) is 11.1. The van der Waals surface area contributed by atoms with E-state index in [9.17, 15) is 0 Å². The van der Waals surface area contributed by atoms with Gasteiger partial charge in [-0.1, -0.05) is 6.07 Å². The van der Waals surface area contributed by atoms with E-state index in [-0.39, 0.29) is 0 Å². The van der Waals surface area contributed by atoms with Crippen LogP contribution in [0.2, 0.25) is 0 Å². The predicted molar refractivity (Wildman–Crippen MR) is 77.3 cm³/mol. The number of fused-ring (bicyclic) bond motifs is 2. The minimum absolute atomic E-state index is 0.611. The Labute approximate surface area is 113 Å². The first kappa shape index (κ1) is 11.3. The van der Waals surface area contributed by atoms with Crippen molar-refractivity contribution in [2.24, 2.45) is 0 Å². The Balaban J connectivity index is 1.53. The second-order valence-electron chi connectivity index (χ2n) is 5.83. The Morgan fingerprint density at radius 3 is 3.26 bits per heavy atom. The molecule has 0 radical (unpaired) electrons. The van der Waals surface area contributed by atoms with Gasteiger partial charge in [0.15, 0.2) is 0 Å². The SMILES string of the molecule is c1cc(NC2CCN3CCCC3C2)c2cn[nH]c2c1. The van der Waals surface area contributed by atoms with E-state index >= 15 is 0 Å². The number of aromatic nitrogens is 2. The number of benzene rings is 1. The molecule has 19 heavy (non-hydrogen) atoms. The van der Waals surface area contributed by atoms with Crippen LogP contribution in [0.5, 0.6) is 0 Å². The zero-order chi connectivity index (χ0) is 12.7. The molecule has 2 aliphatic heterocycles. The number of nitrogens with zero attached hydrogens (tertiary/aromatic N) is 2. The molecular formula is C15H20N4. The molecule has 1 aromatic heterocycles. The lowest BCUT2D eigenvalue weighted by molar-refractivity contribution is 0.188. The van der Waals surface area contributed by atoms with E-state index in [4.69, 9.17) is 0 Å². The Hall–Kier alpha value is -1.55. The molecule has 2 fully saturated rings. The number of nitrogens with one attached hydrogen (secondary N) is 2. The fourth-order valence-corrected chi connectivity index (χ4v) is 3.67. The molecule has 0 saturated carbocycles. The van der Waals surface area contributed by atoms with Gasteiger partial charge in [-0.2, -0.15) is 5.10 Å². The van der Waals surface area contributed by atoms with Gasteiger partial charge < -0.3 is 10.2 Å². The standard InChI is InChI=1S/C15H20N4/c1-4-14(13-10-16-18-15(13)5-1)17-11-6-8-19-7-2-3-12(19)9-11/h1,4-5,10-12,17H,2-3,6-9H2,(H,16,18). The molecule has 0 bridgehead atoms. The van der Waals surface area contributed by atoms with Crippen molar-refractivity contribution >= 4 is 16.6 Å². The second-order valence-corrected chi connectivity index (χ2v) is 5.83. The van der Waals surface area contributed by atoms with Gasteiger partial charge in [0.05, 0.1) is 11.7 Å². The molecule has 2 aromatic rings. The maximum atomic E-state index is 4.13. The van der Waals surface area contributed by atoms with Crippen molar-refractivity contribution in [3.05, 3.63) is 24.4 Å². The summed E-state index contributed by atoms with van der Waals surface area (Å²) in [5.41, 5.74) is 2.34. The molecule has 0 amide bonds. The molecular weight excluding hydrogens is 236 g/mol. The summed E-state index contributed by atoms with van der Waals surface area (Å²) in [7, 11) is 0. The van der Waals surface area contributed by atoms with Gasteiger partial charge in [0.25, 0.3) is 0 Å². The van der Waals surface area contributed by atoms with Gasteiger partial charge in [-0.3, -0.25) is 5.10 Å². The normalized spacial score (nSPS) is 27.6. The van der Waals surface area contributed by atoms with Gasteiger partial charge in [-0.05, 0) is 44.4 Å². The van der Waals surface area contributed by atoms with Crippen molar-refractivity contribution in [1.29, 1.82) is 0 Å². The number of rotatable bonds is 2. The maximum Gasteiger partial charge on any atom is 0.0671 e. The Bertz CT molecular complexity index is 576. The third-order valence-corrected chi connectivity index (χ3v) is 4.66. The third-order valence-electron chi connectivity index (χ3n) is 4.66. The Morgan fingerprint density at radius 2 is 2.26 bits per heavy atom. The maximum absolute atomic E-state index is 4.13. The van der Waals surface area contributed by atoms with Gasteiger partial charge in [-0.15, -0.1) is 0 Å². The first-order chi connectivity index (χ1) is 9.40. The van der Waals surface area contributed by atoms with Crippen molar-refractivity contribution in [3.63, 3.8) is 0 Å². The molecule has 100 valence electrons. The van der Waals surface area contributed by atoms with Crippen LogP contribution < -0.4 is 5.32 Å². The van der Waals surface area contributed by atoms with E-state index < -0.39 is 0 Å². The second kappa shape index (κ2) is 4.53. The van der Waals surface area contributed by atoms with Crippen LogP contribution >= 0.6 is 0 Å². The molecule has 2 aliphatic rings. The number of hydrogen-bond acceptors (Lipinski definition) is 3. The molecule has 2 atom stereocenters. The number of piperidine rings is 1. The molecule has 4 nitrogen and oxygen atoms in total.